The molecule has 1 atom stereocenters. The SMILES string of the molecule is Cc1cc(C(=O)NC(CC(C)C)C(=O)N(C)C)ccc1N. The molecular formula is C16H25N3O2. The van der Waals surface area contributed by atoms with Crippen LogP contribution in [0.5, 0.6) is 0 Å². The fourth-order valence-corrected chi connectivity index (χ4v) is 2.06. The van der Waals surface area contributed by atoms with Crippen LogP contribution in [0.3, 0.4) is 0 Å². The molecule has 0 aromatic heterocycles. The third kappa shape index (κ3) is 4.77. The van der Waals surface area contributed by atoms with Crippen LogP contribution in [0, 0.1) is 12.8 Å². The Morgan fingerprint density at radius 2 is 1.90 bits per heavy atom. The molecule has 5 nitrogen and oxygen atoms in total. The van der Waals surface area contributed by atoms with E-state index in [0.29, 0.717) is 23.6 Å². The van der Waals surface area contributed by atoms with Crippen molar-refractivity contribution in [1.82, 2.24) is 10.2 Å². The van der Waals surface area contributed by atoms with Crippen LogP contribution in [0.4, 0.5) is 5.69 Å². The first-order valence-electron chi connectivity index (χ1n) is 7.10. The lowest BCUT2D eigenvalue weighted by Gasteiger charge is -2.23. The summed E-state index contributed by atoms with van der Waals surface area (Å²) in [6.07, 6.45) is 0.608. The monoisotopic (exact) mass is 291 g/mol. The number of rotatable bonds is 5. The van der Waals surface area contributed by atoms with Crippen molar-refractivity contribution in [2.24, 2.45) is 5.92 Å². The van der Waals surface area contributed by atoms with E-state index in [1.54, 1.807) is 32.3 Å². The third-order valence-corrected chi connectivity index (χ3v) is 3.28. The lowest BCUT2D eigenvalue weighted by molar-refractivity contribution is -0.131. The Bertz CT molecular complexity index is 524. The van der Waals surface area contributed by atoms with Gasteiger partial charge < -0.3 is 16.0 Å². The first-order chi connectivity index (χ1) is 9.72. The summed E-state index contributed by atoms with van der Waals surface area (Å²) >= 11 is 0. The lowest BCUT2D eigenvalue weighted by Crippen LogP contribution is -2.46. The number of nitrogens with one attached hydrogen (secondary N) is 1. The maximum atomic E-state index is 12.3. The van der Waals surface area contributed by atoms with Gasteiger partial charge in [0.05, 0.1) is 0 Å². The largest absolute Gasteiger partial charge is 0.399 e. The number of hydrogen-bond donors (Lipinski definition) is 2. The Kier molecular flexibility index (Phi) is 5.76. The van der Waals surface area contributed by atoms with Crippen LogP contribution in [0.1, 0.15) is 36.2 Å². The zero-order chi connectivity index (χ0) is 16.2. The predicted octanol–water partition coefficient (Wildman–Crippen LogP) is 1.81. The Morgan fingerprint density at radius 1 is 1.29 bits per heavy atom. The molecule has 1 unspecified atom stereocenters. The van der Waals surface area contributed by atoms with Gasteiger partial charge in [-0.2, -0.15) is 0 Å². The van der Waals surface area contributed by atoms with E-state index in [9.17, 15) is 9.59 Å². The highest BCUT2D eigenvalue weighted by Crippen LogP contribution is 2.14. The summed E-state index contributed by atoms with van der Waals surface area (Å²) in [7, 11) is 3.38. The van der Waals surface area contributed by atoms with E-state index in [1.807, 2.05) is 20.8 Å². The standard InChI is InChI=1S/C16H25N3O2/c1-10(2)8-14(16(21)19(4)5)18-15(20)12-6-7-13(17)11(3)9-12/h6-7,9-10,14H,8,17H2,1-5H3,(H,18,20). The van der Waals surface area contributed by atoms with E-state index in [2.05, 4.69) is 5.32 Å². The van der Waals surface area contributed by atoms with Crippen molar-refractivity contribution in [3.05, 3.63) is 29.3 Å². The highest BCUT2D eigenvalue weighted by atomic mass is 16.2. The van der Waals surface area contributed by atoms with E-state index in [-0.39, 0.29) is 11.8 Å². The first kappa shape index (κ1) is 17.0. The number of carbonyl (C=O) groups excluding carboxylic acids is 2. The summed E-state index contributed by atoms with van der Waals surface area (Å²) in [6, 6.07) is 4.60. The molecule has 21 heavy (non-hydrogen) atoms. The van der Waals surface area contributed by atoms with Gasteiger partial charge in [-0.1, -0.05) is 13.8 Å². The number of nitrogens with zero attached hydrogens (tertiary/aromatic N) is 1. The Balaban J connectivity index is 2.89. The number of nitrogens with two attached hydrogens (primary N) is 1. The number of carbonyl (C=O) groups is 2. The van der Waals surface area contributed by atoms with Crippen molar-refractivity contribution in [1.29, 1.82) is 0 Å². The summed E-state index contributed by atoms with van der Waals surface area (Å²) < 4.78 is 0. The van der Waals surface area contributed by atoms with E-state index >= 15 is 0 Å². The van der Waals surface area contributed by atoms with Crippen molar-refractivity contribution in [3.8, 4) is 0 Å². The molecule has 0 spiro atoms. The van der Waals surface area contributed by atoms with Gasteiger partial charge in [0.15, 0.2) is 0 Å². The van der Waals surface area contributed by atoms with Crippen LogP contribution in [-0.2, 0) is 4.79 Å². The predicted molar refractivity (Wildman–Crippen MR) is 85.0 cm³/mol. The van der Waals surface area contributed by atoms with Gasteiger partial charge in [0.2, 0.25) is 5.91 Å². The maximum Gasteiger partial charge on any atom is 0.251 e. The molecule has 5 heteroatoms. The first-order valence-corrected chi connectivity index (χ1v) is 7.10. The van der Waals surface area contributed by atoms with Crippen molar-refractivity contribution in [3.63, 3.8) is 0 Å². The normalized spacial score (nSPS) is 12.1. The second-order valence-corrected chi connectivity index (χ2v) is 5.96. The average molecular weight is 291 g/mol. The average Bonchev–Trinajstić information content (AvgIpc) is 2.39. The molecule has 0 bridgehead atoms. The van der Waals surface area contributed by atoms with Crippen molar-refractivity contribution >= 4 is 17.5 Å². The number of hydrogen-bond acceptors (Lipinski definition) is 3. The molecule has 0 aliphatic heterocycles. The Morgan fingerprint density at radius 3 is 2.38 bits per heavy atom. The van der Waals surface area contributed by atoms with Crippen molar-refractivity contribution in [2.45, 2.75) is 33.2 Å². The molecule has 2 amide bonds. The van der Waals surface area contributed by atoms with Gasteiger partial charge in [0, 0.05) is 25.3 Å². The third-order valence-electron chi connectivity index (χ3n) is 3.28. The van der Waals surface area contributed by atoms with Crippen LogP contribution >= 0.6 is 0 Å². The van der Waals surface area contributed by atoms with Gasteiger partial charge in [0.25, 0.3) is 5.91 Å². The second-order valence-electron chi connectivity index (χ2n) is 5.96. The summed E-state index contributed by atoms with van der Waals surface area (Å²) in [5, 5.41) is 2.82. The fourth-order valence-electron chi connectivity index (χ4n) is 2.06. The molecule has 0 saturated heterocycles. The summed E-state index contributed by atoms with van der Waals surface area (Å²) in [5.41, 5.74) is 7.76. The topological polar surface area (TPSA) is 75.4 Å². The smallest absolute Gasteiger partial charge is 0.251 e. The molecule has 0 radical (unpaired) electrons. The molecule has 1 rings (SSSR count). The molecule has 0 heterocycles. The molecule has 3 N–H and O–H groups in total. The Labute approximate surface area is 126 Å². The maximum absolute atomic E-state index is 12.3. The molecule has 0 saturated carbocycles. The summed E-state index contributed by atoms with van der Waals surface area (Å²) in [4.78, 5) is 26.0. The molecule has 0 fully saturated rings. The molecule has 1 aromatic rings. The van der Waals surface area contributed by atoms with Gasteiger partial charge in [-0.05, 0) is 43.0 Å². The summed E-state index contributed by atoms with van der Waals surface area (Å²) in [5.74, 6) is -0.0319. The van der Waals surface area contributed by atoms with Gasteiger partial charge in [-0.15, -0.1) is 0 Å². The number of nitrogen functional groups attached to an aromatic ring is 1. The zero-order valence-electron chi connectivity index (χ0n) is 13.4. The van der Waals surface area contributed by atoms with Gasteiger partial charge >= 0.3 is 0 Å². The second kappa shape index (κ2) is 7.11. The van der Waals surface area contributed by atoms with E-state index in [4.69, 9.17) is 5.73 Å². The van der Waals surface area contributed by atoms with Gasteiger partial charge in [-0.25, -0.2) is 0 Å². The fraction of sp³-hybridized carbons (Fsp3) is 0.500. The van der Waals surface area contributed by atoms with Crippen LogP contribution < -0.4 is 11.1 Å². The minimum atomic E-state index is -0.509. The number of anilines is 1. The van der Waals surface area contributed by atoms with E-state index in [1.165, 1.54) is 4.90 Å². The highest BCUT2D eigenvalue weighted by Gasteiger charge is 2.23. The van der Waals surface area contributed by atoms with Crippen LogP contribution in [0.2, 0.25) is 0 Å². The quantitative estimate of drug-likeness (QED) is 0.812. The molecule has 0 aliphatic rings. The number of benzene rings is 1. The Hall–Kier alpha value is -2.04. The minimum Gasteiger partial charge on any atom is -0.399 e. The van der Waals surface area contributed by atoms with Crippen molar-refractivity contribution in [2.75, 3.05) is 19.8 Å². The molecular weight excluding hydrogens is 266 g/mol. The number of amides is 2. The minimum absolute atomic E-state index is 0.0933. The zero-order valence-corrected chi connectivity index (χ0v) is 13.4. The van der Waals surface area contributed by atoms with Gasteiger partial charge in [-0.3, -0.25) is 9.59 Å². The van der Waals surface area contributed by atoms with E-state index < -0.39 is 6.04 Å². The highest BCUT2D eigenvalue weighted by molar-refractivity contribution is 5.98. The summed E-state index contributed by atoms with van der Waals surface area (Å²) in [6.45, 7) is 5.90. The lowest BCUT2D eigenvalue weighted by atomic mass is 10.0. The number of likely N-dealkylation sites (N-methyl/N-ethyl adjacent to an activating group) is 1. The molecule has 116 valence electrons. The van der Waals surface area contributed by atoms with Crippen LogP contribution in [-0.4, -0.2) is 36.9 Å². The van der Waals surface area contributed by atoms with Crippen molar-refractivity contribution < 1.29 is 9.59 Å². The van der Waals surface area contributed by atoms with Crippen LogP contribution in [0.15, 0.2) is 18.2 Å². The van der Waals surface area contributed by atoms with Gasteiger partial charge in [0.1, 0.15) is 6.04 Å². The molecule has 1 aromatic carbocycles. The number of aryl methyl sites for hydroxylation is 1. The van der Waals surface area contributed by atoms with E-state index in [0.717, 1.165) is 5.56 Å². The van der Waals surface area contributed by atoms with Crippen LogP contribution in [0.25, 0.3) is 0 Å². The molecule has 0 aliphatic carbocycles.